The highest BCUT2D eigenvalue weighted by Crippen LogP contribution is 2.41. The van der Waals surface area contributed by atoms with Crippen molar-refractivity contribution in [1.29, 1.82) is 0 Å². The number of aliphatic hydroxyl groups is 1. The lowest BCUT2D eigenvalue weighted by atomic mass is 9.80. The van der Waals surface area contributed by atoms with Crippen LogP contribution in [0.5, 0.6) is 5.75 Å². The zero-order valence-electron chi connectivity index (χ0n) is 18.0. The molecule has 6 nitrogen and oxygen atoms in total. The molecule has 0 radical (unpaired) electrons. The highest BCUT2D eigenvalue weighted by Gasteiger charge is 2.47. The molecule has 5 rings (SSSR count). The Kier molecular flexibility index (Phi) is 5.29. The lowest BCUT2D eigenvalue weighted by Crippen LogP contribution is -2.43. The molecular formula is C25H24N2O4S. The molecule has 1 N–H and O–H groups in total. The zero-order chi connectivity index (χ0) is 22.4. The Labute approximate surface area is 191 Å². The summed E-state index contributed by atoms with van der Waals surface area (Å²) < 4.78 is 5.51. The number of hydrogen-bond acceptors (Lipinski definition) is 6. The van der Waals surface area contributed by atoms with E-state index in [0.717, 1.165) is 40.6 Å². The summed E-state index contributed by atoms with van der Waals surface area (Å²) in [6.45, 7) is 2.86. The molecule has 0 spiro atoms. The first-order valence-corrected chi connectivity index (χ1v) is 11.8. The predicted octanol–water partition coefficient (Wildman–Crippen LogP) is 4.18. The molecule has 2 atom stereocenters. The smallest absolute Gasteiger partial charge is 0.294 e. The van der Waals surface area contributed by atoms with Gasteiger partial charge < -0.3 is 9.84 Å². The molecule has 2 unspecified atom stereocenters. The van der Waals surface area contributed by atoms with E-state index in [4.69, 9.17) is 4.74 Å². The number of ether oxygens (including phenoxy) is 1. The second-order valence-electron chi connectivity index (χ2n) is 8.19. The quantitative estimate of drug-likeness (QED) is 0.759. The molecule has 1 aliphatic carbocycles. The molecule has 32 heavy (non-hydrogen) atoms. The summed E-state index contributed by atoms with van der Waals surface area (Å²) in [5.74, 6) is 0.373. The summed E-state index contributed by atoms with van der Waals surface area (Å²) in [4.78, 5) is 32.7. The number of benzene rings is 2. The first-order valence-electron chi connectivity index (χ1n) is 10.8. The summed E-state index contributed by atoms with van der Waals surface area (Å²) in [5.41, 5.74) is 3.27. The number of rotatable bonds is 4. The van der Waals surface area contributed by atoms with Gasteiger partial charge in [-0.15, -0.1) is 11.8 Å². The van der Waals surface area contributed by atoms with Gasteiger partial charge in [0.05, 0.1) is 23.8 Å². The Bertz CT molecular complexity index is 1170. The summed E-state index contributed by atoms with van der Waals surface area (Å²) in [5, 5.41) is 11.8. The van der Waals surface area contributed by atoms with Gasteiger partial charge in [0.1, 0.15) is 5.75 Å². The van der Waals surface area contributed by atoms with E-state index < -0.39 is 17.7 Å². The Morgan fingerprint density at radius 2 is 1.91 bits per heavy atom. The van der Waals surface area contributed by atoms with Crippen molar-refractivity contribution in [3.05, 3.63) is 70.5 Å². The first-order chi connectivity index (χ1) is 15.5. The third-order valence-corrected chi connectivity index (χ3v) is 7.49. The van der Waals surface area contributed by atoms with E-state index in [0.29, 0.717) is 17.7 Å². The molecule has 2 aliphatic heterocycles. The van der Waals surface area contributed by atoms with Gasteiger partial charge in [-0.3, -0.25) is 19.5 Å². The van der Waals surface area contributed by atoms with Gasteiger partial charge in [0, 0.05) is 29.1 Å². The second kappa shape index (κ2) is 8.13. The van der Waals surface area contributed by atoms with Crippen LogP contribution < -0.4 is 9.64 Å². The van der Waals surface area contributed by atoms with Gasteiger partial charge in [-0.25, -0.2) is 0 Å². The van der Waals surface area contributed by atoms with Gasteiger partial charge in [0.2, 0.25) is 0 Å². The minimum absolute atomic E-state index is 0.0542. The van der Waals surface area contributed by atoms with Crippen molar-refractivity contribution in [1.82, 2.24) is 0 Å². The first kappa shape index (κ1) is 20.8. The minimum Gasteiger partial charge on any atom is -0.503 e. The number of carbonyl (C=O) groups excluding carboxylic acids is 2. The maximum atomic E-state index is 13.4. The molecule has 2 heterocycles. The fraction of sp³-hybridized carbons (Fsp3) is 0.320. The Morgan fingerprint density at radius 3 is 2.56 bits per heavy atom. The fourth-order valence-electron chi connectivity index (χ4n) is 4.86. The molecule has 0 aromatic heterocycles. The molecule has 0 fully saturated rings. The number of anilines is 1. The van der Waals surface area contributed by atoms with E-state index >= 15 is 0 Å². The van der Waals surface area contributed by atoms with Crippen molar-refractivity contribution in [3.8, 4) is 5.75 Å². The van der Waals surface area contributed by atoms with Gasteiger partial charge in [-0.2, -0.15) is 0 Å². The summed E-state index contributed by atoms with van der Waals surface area (Å²) >= 11 is 1.72. The molecule has 164 valence electrons. The van der Waals surface area contributed by atoms with Gasteiger partial charge in [-0.05, 0) is 48.2 Å². The summed E-state index contributed by atoms with van der Waals surface area (Å²) in [6.07, 6.45) is 1.37. The number of aliphatic imine (C=N–C) groups is 1. The van der Waals surface area contributed by atoms with Crippen LogP contribution in [0.1, 0.15) is 34.8 Å². The largest absolute Gasteiger partial charge is 0.503 e. The van der Waals surface area contributed by atoms with Crippen LogP contribution in [0.2, 0.25) is 0 Å². The molecule has 2 bridgehead atoms. The second-order valence-corrected chi connectivity index (χ2v) is 9.28. The van der Waals surface area contributed by atoms with E-state index in [1.165, 1.54) is 0 Å². The summed E-state index contributed by atoms with van der Waals surface area (Å²) in [7, 11) is 1.62. The Hall–Kier alpha value is -3.06. The molecule has 0 saturated carbocycles. The Morgan fingerprint density at radius 1 is 1.16 bits per heavy atom. The third kappa shape index (κ3) is 3.23. The van der Waals surface area contributed by atoms with Crippen LogP contribution in [-0.2, 0) is 11.2 Å². The lowest BCUT2D eigenvalue weighted by Gasteiger charge is -2.34. The highest BCUT2D eigenvalue weighted by molar-refractivity contribution is 8.14. The van der Waals surface area contributed by atoms with Crippen LogP contribution >= 0.6 is 11.8 Å². The van der Waals surface area contributed by atoms with E-state index in [2.05, 4.69) is 4.99 Å². The minimum atomic E-state index is -0.535. The van der Waals surface area contributed by atoms with E-state index in [1.54, 1.807) is 35.9 Å². The van der Waals surface area contributed by atoms with Crippen molar-refractivity contribution in [2.45, 2.75) is 25.8 Å². The standard InChI is InChI=1S/C25H24N2O4S/c1-3-14-12-17-13-16(6-9-19(17)31-2)22(28)20-21(14)27(25(30)23(20)29)18-7-4-15(5-8-18)24-26-10-11-32-24/h4-9,13-14,21,29H,3,10-12H2,1-2H3. The molecule has 7 heteroatoms. The molecular weight excluding hydrogens is 424 g/mol. The molecule has 2 aromatic rings. The number of fused-ring (bicyclic) bond motifs is 3. The average Bonchev–Trinajstić information content (AvgIpc) is 3.44. The van der Waals surface area contributed by atoms with Gasteiger partial charge in [0.25, 0.3) is 5.91 Å². The van der Waals surface area contributed by atoms with Crippen LogP contribution in [0.15, 0.2) is 58.8 Å². The topological polar surface area (TPSA) is 79.2 Å². The molecule has 2 aromatic carbocycles. The zero-order valence-corrected chi connectivity index (χ0v) is 18.8. The van der Waals surface area contributed by atoms with Gasteiger partial charge in [0.15, 0.2) is 11.5 Å². The lowest BCUT2D eigenvalue weighted by molar-refractivity contribution is -0.117. The van der Waals surface area contributed by atoms with Gasteiger partial charge >= 0.3 is 0 Å². The van der Waals surface area contributed by atoms with E-state index in [-0.39, 0.29) is 17.3 Å². The maximum absolute atomic E-state index is 13.4. The van der Waals surface area contributed by atoms with Gasteiger partial charge in [-0.1, -0.05) is 25.5 Å². The van der Waals surface area contributed by atoms with Crippen LogP contribution in [0, 0.1) is 5.92 Å². The van der Waals surface area contributed by atoms with Crippen molar-refractivity contribution >= 4 is 34.2 Å². The average molecular weight is 449 g/mol. The summed E-state index contributed by atoms with van der Waals surface area (Å²) in [6, 6.07) is 12.4. The van der Waals surface area contributed by atoms with Crippen molar-refractivity contribution in [2.24, 2.45) is 10.9 Å². The van der Waals surface area contributed by atoms with Crippen LogP contribution in [-0.4, -0.2) is 47.3 Å². The number of amides is 1. The SMILES string of the molecule is CCC1Cc2cc(ccc2OC)C(=O)C2=C(O)C(=O)N(c3ccc(C4=NCCS4)cc3)C21. The maximum Gasteiger partial charge on any atom is 0.294 e. The normalized spacial score (nSPS) is 22.6. The third-order valence-electron chi connectivity index (χ3n) is 6.47. The molecule has 0 saturated heterocycles. The highest BCUT2D eigenvalue weighted by atomic mass is 32.2. The predicted molar refractivity (Wildman–Crippen MR) is 126 cm³/mol. The number of thioether (sulfide) groups is 1. The number of nitrogens with zero attached hydrogens (tertiary/aromatic N) is 2. The number of ketones is 1. The van der Waals surface area contributed by atoms with Crippen molar-refractivity contribution in [2.75, 3.05) is 24.3 Å². The van der Waals surface area contributed by atoms with Crippen LogP contribution in [0.25, 0.3) is 0 Å². The number of carbonyl (C=O) groups is 2. The number of methoxy groups -OCH3 is 1. The number of aliphatic hydroxyl groups excluding tert-OH is 1. The monoisotopic (exact) mass is 448 g/mol. The van der Waals surface area contributed by atoms with Crippen LogP contribution in [0.3, 0.4) is 0 Å². The van der Waals surface area contributed by atoms with Crippen molar-refractivity contribution in [3.63, 3.8) is 0 Å². The fourth-order valence-corrected chi connectivity index (χ4v) is 5.72. The van der Waals surface area contributed by atoms with E-state index in [1.807, 2.05) is 37.3 Å². The number of Topliss-reactive ketones (excluding diaryl/α,β-unsaturated/α-hetero) is 1. The molecule has 1 amide bonds. The number of hydrogen-bond donors (Lipinski definition) is 1. The van der Waals surface area contributed by atoms with E-state index in [9.17, 15) is 14.7 Å². The Balaban J connectivity index is 1.58. The molecule has 3 aliphatic rings. The van der Waals surface area contributed by atoms with Crippen molar-refractivity contribution < 1.29 is 19.4 Å². The van der Waals surface area contributed by atoms with Crippen LogP contribution in [0.4, 0.5) is 5.69 Å².